The van der Waals surface area contributed by atoms with Gasteiger partial charge in [-0.2, -0.15) is 0 Å². The number of anilines is 1. The van der Waals surface area contributed by atoms with Crippen molar-refractivity contribution >= 4 is 17.3 Å². The summed E-state index contributed by atoms with van der Waals surface area (Å²) >= 11 is 5.80. The van der Waals surface area contributed by atoms with Crippen molar-refractivity contribution < 1.29 is 4.74 Å². The molecule has 0 unspecified atom stereocenters. The lowest BCUT2D eigenvalue weighted by atomic mass is 10.2. The smallest absolute Gasteiger partial charge is 0.290 e. The normalized spacial score (nSPS) is 10.8. The molecule has 2 rings (SSSR count). The second kappa shape index (κ2) is 5.29. The topological polar surface area (TPSA) is 73.0 Å². The molecule has 5 nitrogen and oxygen atoms in total. The van der Waals surface area contributed by atoms with Gasteiger partial charge in [-0.15, -0.1) is 0 Å². The van der Waals surface area contributed by atoms with E-state index >= 15 is 0 Å². The van der Waals surface area contributed by atoms with Gasteiger partial charge in [-0.25, -0.2) is 4.68 Å². The first-order valence-electron chi connectivity index (χ1n) is 5.42. The molecule has 0 fully saturated rings. The first kappa shape index (κ1) is 12.7. The van der Waals surface area contributed by atoms with E-state index in [2.05, 4.69) is 5.10 Å². The Morgan fingerprint density at radius 3 is 2.67 bits per heavy atom. The standard InChI is InChI=1S/C12H14ClN3O2/c1-18-7-10-11(14)12(17)16(15-10)6-8-2-4-9(13)5-3-8/h2-5,15H,6-7,14H2,1H3. The Bertz CT molecular complexity index is 586. The molecule has 0 spiro atoms. The van der Waals surface area contributed by atoms with E-state index in [1.807, 2.05) is 12.1 Å². The molecule has 0 amide bonds. The van der Waals surface area contributed by atoms with Gasteiger partial charge in [0.15, 0.2) is 0 Å². The monoisotopic (exact) mass is 267 g/mol. The van der Waals surface area contributed by atoms with Gasteiger partial charge in [-0.1, -0.05) is 23.7 Å². The molecule has 96 valence electrons. The van der Waals surface area contributed by atoms with Crippen LogP contribution in [0.15, 0.2) is 29.1 Å². The van der Waals surface area contributed by atoms with Crippen molar-refractivity contribution in [3.05, 3.63) is 50.9 Å². The molecule has 1 aromatic carbocycles. The van der Waals surface area contributed by atoms with Crippen molar-refractivity contribution in [2.24, 2.45) is 0 Å². The minimum atomic E-state index is -0.239. The van der Waals surface area contributed by atoms with E-state index in [0.717, 1.165) is 5.56 Å². The van der Waals surface area contributed by atoms with E-state index in [4.69, 9.17) is 22.1 Å². The van der Waals surface area contributed by atoms with Gasteiger partial charge < -0.3 is 10.5 Å². The summed E-state index contributed by atoms with van der Waals surface area (Å²) in [6.07, 6.45) is 0. The van der Waals surface area contributed by atoms with Crippen molar-refractivity contribution in [3.63, 3.8) is 0 Å². The molecule has 1 heterocycles. The van der Waals surface area contributed by atoms with Crippen LogP contribution in [0.5, 0.6) is 0 Å². The maximum absolute atomic E-state index is 11.9. The Labute approximate surface area is 109 Å². The number of hydrogen-bond acceptors (Lipinski definition) is 3. The van der Waals surface area contributed by atoms with Gasteiger partial charge in [0.05, 0.1) is 18.8 Å². The number of nitrogens with two attached hydrogens (primary N) is 1. The molecule has 0 bridgehead atoms. The molecule has 0 saturated heterocycles. The van der Waals surface area contributed by atoms with Crippen LogP contribution in [0.4, 0.5) is 5.69 Å². The quantitative estimate of drug-likeness (QED) is 0.884. The Morgan fingerprint density at radius 2 is 2.06 bits per heavy atom. The lowest BCUT2D eigenvalue weighted by molar-refractivity contribution is 0.181. The van der Waals surface area contributed by atoms with Crippen molar-refractivity contribution in [1.82, 2.24) is 9.78 Å². The fraction of sp³-hybridized carbons (Fsp3) is 0.250. The second-order valence-corrected chi connectivity index (χ2v) is 4.39. The minimum Gasteiger partial charge on any atom is -0.393 e. The van der Waals surface area contributed by atoms with Crippen LogP contribution in [-0.2, 0) is 17.9 Å². The summed E-state index contributed by atoms with van der Waals surface area (Å²) in [6.45, 7) is 0.707. The number of nitrogen functional groups attached to an aromatic ring is 1. The molecular weight excluding hydrogens is 254 g/mol. The van der Waals surface area contributed by atoms with Crippen molar-refractivity contribution in [3.8, 4) is 0 Å². The largest absolute Gasteiger partial charge is 0.393 e. The summed E-state index contributed by atoms with van der Waals surface area (Å²) < 4.78 is 6.41. The van der Waals surface area contributed by atoms with E-state index in [0.29, 0.717) is 17.3 Å². The Kier molecular flexibility index (Phi) is 3.74. The van der Waals surface area contributed by atoms with Gasteiger partial charge in [0.2, 0.25) is 0 Å². The van der Waals surface area contributed by atoms with Gasteiger partial charge in [-0.05, 0) is 17.7 Å². The molecular formula is C12H14ClN3O2. The second-order valence-electron chi connectivity index (χ2n) is 3.95. The molecule has 3 N–H and O–H groups in total. The zero-order valence-electron chi connectivity index (χ0n) is 9.94. The summed E-state index contributed by atoms with van der Waals surface area (Å²) in [4.78, 5) is 11.9. The van der Waals surface area contributed by atoms with Crippen molar-refractivity contribution in [1.29, 1.82) is 0 Å². The highest BCUT2D eigenvalue weighted by Gasteiger charge is 2.10. The number of H-pyrrole nitrogens is 1. The first-order valence-corrected chi connectivity index (χ1v) is 5.80. The van der Waals surface area contributed by atoms with Crippen LogP contribution in [0.3, 0.4) is 0 Å². The number of halogens is 1. The van der Waals surface area contributed by atoms with Gasteiger partial charge in [0.1, 0.15) is 5.69 Å². The molecule has 1 aromatic heterocycles. The van der Waals surface area contributed by atoms with Crippen LogP contribution in [0.2, 0.25) is 5.02 Å². The lowest BCUT2D eigenvalue weighted by Gasteiger charge is -2.02. The number of nitrogens with zero attached hydrogens (tertiary/aromatic N) is 1. The van der Waals surface area contributed by atoms with Crippen LogP contribution < -0.4 is 11.3 Å². The van der Waals surface area contributed by atoms with E-state index in [9.17, 15) is 4.79 Å². The average Bonchev–Trinajstić information content (AvgIpc) is 2.61. The van der Waals surface area contributed by atoms with Gasteiger partial charge in [-0.3, -0.25) is 9.89 Å². The molecule has 0 saturated carbocycles. The SMILES string of the molecule is COCc1[nH]n(Cc2ccc(Cl)cc2)c(=O)c1N. The molecule has 2 aromatic rings. The molecule has 6 heteroatoms. The highest BCUT2D eigenvalue weighted by atomic mass is 35.5. The predicted molar refractivity (Wildman–Crippen MR) is 70.7 cm³/mol. The van der Waals surface area contributed by atoms with Crippen LogP contribution in [0.25, 0.3) is 0 Å². The molecule has 0 aliphatic rings. The number of rotatable bonds is 4. The average molecular weight is 268 g/mol. The number of benzene rings is 1. The number of nitrogens with one attached hydrogen (secondary N) is 1. The number of methoxy groups -OCH3 is 1. The zero-order valence-corrected chi connectivity index (χ0v) is 10.7. The maximum atomic E-state index is 11.9. The summed E-state index contributed by atoms with van der Waals surface area (Å²) in [7, 11) is 1.55. The highest BCUT2D eigenvalue weighted by Crippen LogP contribution is 2.11. The minimum absolute atomic E-state index is 0.200. The zero-order chi connectivity index (χ0) is 13.1. The van der Waals surface area contributed by atoms with Crippen LogP contribution in [0.1, 0.15) is 11.3 Å². The first-order chi connectivity index (χ1) is 8.61. The van der Waals surface area contributed by atoms with Crippen molar-refractivity contribution in [2.45, 2.75) is 13.2 Å². The summed E-state index contributed by atoms with van der Waals surface area (Å²) in [5.74, 6) is 0. The molecule has 0 aliphatic carbocycles. The van der Waals surface area contributed by atoms with E-state index in [1.165, 1.54) is 4.68 Å². The van der Waals surface area contributed by atoms with Gasteiger partial charge >= 0.3 is 0 Å². The third-order valence-electron chi connectivity index (χ3n) is 2.61. The van der Waals surface area contributed by atoms with Gasteiger partial charge in [0.25, 0.3) is 5.56 Å². The number of hydrogen-bond donors (Lipinski definition) is 2. The number of aromatic amines is 1. The van der Waals surface area contributed by atoms with E-state index in [1.54, 1.807) is 19.2 Å². The van der Waals surface area contributed by atoms with Gasteiger partial charge in [0, 0.05) is 12.1 Å². The maximum Gasteiger partial charge on any atom is 0.290 e. The van der Waals surface area contributed by atoms with Crippen LogP contribution in [0, 0.1) is 0 Å². The van der Waals surface area contributed by atoms with Crippen LogP contribution >= 0.6 is 11.6 Å². The number of ether oxygens (including phenoxy) is 1. The Balaban J connectivity index is 2.26. The molecule has 18 heavy (non-hydrogen) atoms. The molecule has 0 radical (unpaired) electrons. The summed E-state index contributed by atoms with van der Waals surface area (Å²) in [6, 6.07) is 7.29. The number of aromatic nitrogens is 2. The third kappa shape index (κ3) is 2.57. The molecule has 0 atom stereocenters. The van der Waals surface area contributed by atoms with E-state index in [-0.39, 0.29) is 17.9 Å². The summed E-state index contributed by atoms with van der Waals surface area (Å²) in [5.41, 5.74) is 7.22. The molecule has 0 aliphatic heterocycles. The Morgan fingerprint density at radius 1 is 1.39 bits per heavy atom. The summed E-state index contributed by atoms with van der Waals surface area (Å²) in [5, 5.41) is 3.60. The lowest BCUT2D eigenvalue weighted by Crippen LogP contribution is -2.19. The third-order valence-corrected chi connectivity index (χ3v) is 2.87. The fourth-order valence-corrected chi connectivity index (χ4v) is 1.81. The highest BCUT2D eigenvalue weighted by molar-refractivity contribution is 6.30. The van der Waals surface area contributed by atoms with Crippen molar-refractivity contribution in [2.75, 3.05) is 12.8 Å². The predicted octanol–water partition coefficient (Wildman–Crippen LogP) is 1.61. The Hall–Kier alpha value is -1.72. The van der Waals surface area contributed by atoms with Crippen LogP contribution in [-0.4, -0.2) is 16.9 Å². The fourth-order valence-electron chi connectivity index (χ4n) is 1.69. The van der Waals surface area contributed by atoms with E-state index < -0.39 is 0 Å².